The van der Waals surface area contributed by atoms with E-state index in [0.29, 0.717) is 11.3 Å². The van der Waals surface area contributed by atoms with Gasteiger partial charge in [-0.1, -0.05) is 26.3 Å². The zero-order valence-electron chi connectivity index (χ0n) is 13.3. The highest BCUT2D eigenvalue weighted by Crippen LogP contribution is 2.25. The molecule has 22 heavy (non-hydrogen) atoms. The van der Waals surface area contributed by atoms with Gasteiger partial charge in [0, 0.05) is 12.6 Å². The normalized spacial score (nSPS) is 14.8. The first-order valence-corrected chi connectivity index (χ1v) is 7.20. The maximum atomic E-state index is 11.9. The molecule has 0 radical (unpaired) electrons. The topological polar surface area (TPSA) is 104 Å². The Kier molecular flexibility index (Phi) is 5.87. The van der Waals surface area contributed by atoms with E-state index in [9.17, 15) is 20.0 Å². The highest BCUT2D eigenvalue weighted by Gasteiger charge is 2.27. The third kappa shape index (κ3) is 4.42. The van der Waals surface area contributed by atoms with Crippen LogP contribution >= 0.6 is 0 Å². The smallest absolute Gasteiger partial charge is 0.319 e. The average molecular weight is 309 g/mol. The number of hydrogen-bond acceptors (Lipinski definition) is 4. The summed E-state index contributed by atoms with van der Waals surface area (Å²) < 4.78 is 0. The maximum absolute atomic E-state index is 11.9. The third-order valence-corrected chi connectivity index (χ3v) is 4.03. The molecule has 2 unspecified atom stereocenters. The minimum Gasteiger partial charge on any atom is -0.388 e. The Hall–Kier alpha value is -2.15. The number of nitrogens with zero attached hydrogens (tertiary/aromatic N) is 1. The molecule has 0 aromatic heterocycles. The van der Waals surface area contributed by atoms with Gasteiger partial charge in [0.05, 0.1) is 21.8 Å². The van der Waals surface area contributed by atoms with Crippen molar-refractivity contribution in [2.75, 3.05) is 11.9 Å². The van der Waals surface area contributed by atoms with Gasteiger partial charge in [-0.05, 0) is 25.8 Å². The van der Waals surface area contributed by atoms with Gasteiger partial charge in [-0.2, -0.15) is 0 Å². The lowest BCUT2D eigenvalue weighted by molar-refractivity contribution is -0.385. The summed E-state index contributed by atoms with van der Waals surface area (Å²) in [7, 11) is 0. The second kappa shape index (κ2) is 7.22. The summed E-state index contributed by atoms with van der Waals surface area (Å²) >= 11 is 0. The van der Waals surface area contributed by atoms with Crippen LogP contribution in [-0.2, 0) is 0 Å². The Morgan fingerprint density at radius 2 is 2.14 bits per heavy atom. The van der Waals surface area contributed by atoms with Crippen molar-refractivity contribution in [3.05, 3.63) is 33.9 Å². The fraction of sp³-hybridized carbons (Fsp3) is 0.533. The van der Waals surface area contributed by atoms with Crippen LogP contribution in [0.4, 0.5) is 16.2 Å². The van der Waals surface area contributed by atoms with Crippen molar-refractivity contribution in [3.8, 4) is 0 Å². The second-order valence-electron chi connectivity index (χ2n) is 5.68. The number of carbonyl (C=O) groups excluding carboxylic acids is 1. The van der Waals surface area contributed by atoms with E-state index < -0.39 is 16.6 Å². The summed E-state index contributed by atoms with van der Waals surface area (Å²) in [6.45, 7) is 7.21. The minimum absolute atomic E-state index is 0.0346. The maximum Gasteiger partial charge on any atom is 0.319 e. The number of hydrogen-bond donors (Lipinski definition) is 3. The third-order valence-electron chi connectivity index (χ3n) is 4.03. The summed E-state index contributed by atoms with van der Waals surface area (Å²) in [6.07, 6.45) is 0.792. The second-order valence-corrected chi connectivity index (χ2v) is 5.68. The molecule has 0 bridgehead atoms. The average Bonchev–Trinajstić information content (AvgIpc) is 2.46. The van der Waals surface area contributed by atoms with Crippen LogP contribution in [0.3, 0.4) is 0 Å². The number of aliphatic hydroxyl groups is 1. The van der Waals surface area contributed by atoms with Gasteiger partial charge in [-0.3, -0.25) is 10.1 Å². The molecule has 7 nitrogen and oxygen atoms in total. The monoisotopic (exact) mass is 309 g/mol. The molecule has 0 spiro atoms. The van der Waals surface area contributed by atoms with E-state index >= 15 is 0 Å². The molecule has 0 aliphatic heterocycles. The molecule has 0 heterocycles. The number of urea groups is 1. The van der Waals surface area contributed by atoms with Crippen molar-refractivity contribution < 1.29 is 14.8 Å². The Labute approximate surface area is 129 Å². The SMILES string of the molecule is CCC(C)C(C)(O)CNC(=O)Nc1cccc([N+](=O)[O-])c1C. The molecule has 1 aromatic rings. The largest absolute Gasteiger partial charge is 0.388 e. The van der Waals surface area contributed by atoms with Crippen LogP contribution in [0, 0.1) is 23.0 Å². The fourth-order valence-corrected chi connectivity index (χ4v) is 2.00. The summed E-state index contributed by atoms with van der Waals surface area (Å²) in [5, 5.41) is 26.3. The number of anilines is 1. The van der Waals surface area contributed by atoms with Crippen LogP contribution in [0.1, 0.15) is 32.8 Å². The van der Waals surface area contributed by atoms with Crippen LogP contribution in [0.2, 0.25) is 0 Å². The molecule has 0 saturated heterocycles. The Morgan fingerprint density at radius 3 is 2.68 bits per heavy atom. The zero-order chi connectivity index (χ0) is 16.9. The van der Waals surface area contributed by atoms with Crippen molar-refractivity contribution in [2.24, 2.45) is 5.92 Å². The molecule has 0 saturated carbocycles. The molecule has 2 atom stereocenters. The highest BCUT2D eigenvalue weighted by atomic mass is 16.6. The summed E-state index contributed by atoms with van der Waals surface area (Å²) in [5.41, 5.74) is -0.306. The quantitative estimate of drug-likeness (QED) is 0.555. The number of nitro benzene ring substituents is 1. The van der Waals surface area contributed by atoms with E-state index in [1.54, 1.807) is 19.9 Å². The van der Waals surface area contributed by atoms with Gasteiger partial charge in [-0.15, -0.1) is 0 Å². The molecular formula is C15H23N3O4. The van der Waals surface area contributed by atoms with Gasteiger partial charge in [0.1, 0.15) is 0 Å². The molecule has 0 fully saturated rings. The lowest BCUT2D eigenvalue weighted by atomic mass is 9.89. The van der Waals surface area contributed by atoms with E-state index in [1.165, 1.54) is 12.1 Å². The van der Waals surface area contributed by atoms with Gasteiger partial charge in [-0.25, -0.2) is 4.79 Å². The summed E-state index contributed by atoms with van der Waals surface area (Å²) in [4.78, 5) is 22.3. The molecule has 0 aliphatic carbocycles. The highest BCUT2D eigenvalue weighted by molar-refractivity contribution is 5.90. The molecular weight excluding hydrogens is 286 g/mol. The molecule has 0 aliphatic rings. The van der Waals surface area contributed by atoms with E-state index in [-0.39, 0.29) is 18.2 Å². The predicted molar refractivity (Wildman–Crippen MR) is 84.9 cm³/mol. The Balaban J connectivity index is 2.71. The van der Waals surface area contributed by atoms with E-state index in [0.717, 1.165) is 6.42 Å². The number of rotatable bonds is 6. The van der Waals surface area contributed by atoms with Crippen molar-refractivity contribution >= 4 is 17.4 Å². The zero-order valence-corrected chi connectivity index (χ0v) is 13.3. The predicted octanol–water partition coefficient (Wildman–Crippen LogP) is 2.82. The van der Waals surface area contributed by atoms with Crippen molar-refractivity contribution in [1.82, 2.24) is 5.32 Å². The van der Waals surface area contributed by atoms with Crippen LogP contribution in [0.5, 0.6) is 0 Å². The van der Waals surface area contributed by atoms with Gasteiger partial charge in [0.15, 0.2) is 0 Å². The molecule has 1 rings (SSSR count). The fourth-order valence-electron chi connectivity index (χ4n) is 2.00. The number of amides is 2. The standard InChI is InChI=1S/C15H23N3O4/c1-5-10(2)15(4,20)9-16-14(19)17-12-7-6-8-13(11(12)3)18(21)22/h6-8,10,20H,5,9H2,1-4H3,(H2,16,17,19). The van der Waals surface area contributed by atoms with Crippen molar-refractivity contribution in [2.45, 2.75) is 39.7 Å². The summed E-state index contributed by atoms with van der Waals surface area (Å²) in [5.74, 6) is 0.0346. The first-order chi connectivity index (χ1) is 10.2. The first kappa shape index (κ1) is 17.9. The number of nitrogens with one attached hydrogen (secondary N) is 2. The molecule has 7 heteroatoms. The molecule has 122 valence electrons. The number of carbonyl (C=O) groups is 1. The van der Waals surface area contributed by atoms with E-state index in [4.69, 9.17) is 0 Å². The lowest BCUT2D eigenvalue weighted by Crippen LogP contribution is -2.46. The Morgan fingerprint density at radius 1 is 1.50 bits per heavy atom. The number of nitro groups is 1. The minimum atomic E-state index is -1.01. The molecule has 3 N–H and O–H groups in total. The van der Waals surface area contributed by atoms with Crippen LogP contribution in [0.15, 0.2) is 18.2 Å². The van der Waals surface area contributed by atoms with Crippen molar-refractivity contribution in [3.63, 3.8) is 0 Å². The first-order valence-electron chi connectivity index (χ1n) is 7.20. The molecule has 2 amide bonds. The van der Waals surface area contributed by atoms with Gasteiger partial charge in [0.25, 0.3) is 5.69 Å². The number of benzene rings is 1. The van der Waals surface area contributed by atoms with E-state index in [1.807, 2.05) is 13.8 Å². The van der Waals surface area contributed by atoms with Gasteiger partial charge in [0.2, 0.25) is 0 Å². The van der Waals surface area contributed by atoms with Gasteiger partial charge < -0.3 is 15.7 Å². The Bertz CT molecular complexity index is 558. The van der Waals surface area contributed by atoms with E-state index in [2.05, 4.69) is 10.6 Å². The lowest BCUT2D eigenvalue weighted by Gasteiger charge is -2.29. The van der Waals surface area contributed by atoms with Crippen LogP contribution in [0.25, 0.3) is 0 Å². The summed E-state index contributed by atoms with van der Waals surface area (Å²) in [6, 6.07) is 3.98. The van der Waals surface area contributed by atoms with Crippen LogP contribution < -0.4 is 10.6 Å². The van der Waals surface area contributed by atoms with Gasteiger partial charge >= 0.3 is 6.03 Å². The molecule has 1 aromatic carbocycles. The van der Waals surface area contributed by atoms with Crippen molar-refractivity contribution in [1.29, 1.82) is 0 Å². The van der Waals surface area contributed by atoms with Crippen LogP contribution in [-0.4, -0.2) is 28.2 Å².